The van der Waals surface area contributed by atoms with E-state index in [4.69, 9.17) is 4.74 Å². The third kappa shape index (κ3) is 0.674. The first-order valence-electron chi connectivity index (χ1n) is 4.92. The minimum Gasteiger partial charge on any atom is -0.380 e. The van der Waals surface area contributed by atoms with Gasteiger partial charge in [-0.05, 0) is 18.8 Å². The molecule has 3 fully saturated rings. The van der Waals surface area contributed by atoms with Crippen molar-refractivity contribution in [2.75, 3.05) is 13.2 Å². The Morgan fingerprint density at radius 1 is 1.50 bits per heavy atom. The summed E-state index contributed by atoms with van der Waals surface area (Å²) in [5.41, 5.74) is 0.306. The minimum atomic E-state index is 0.279. The third-order valence-electron chi connectivity index (χ3n) is 4.09. The summed E-state index contributed by atoms with van der Waals surface area (Å²) in [6.07, 6.45) is 4.65. The maximum absolute atomic E-state index is 11.6. The van der Waals surface area contributed by atoms with Gasteiger partial charge >= 0.3 is 0 Å². The maximum atomic E-state index is 11.6. The van der Waals surface area contributed by atoms with Crippen LogP contribution in [0, 0.1) is 17.3 Å². The molecule has 2 nitrogen and oxygen atoms in total. The van der Waals surface area contributed by atoms with Crippen LogP contribution in [0.1, 0.15) is 25.7 Å². The quantitative estimate of drug-likeness (QED) is 0.543. The van der Waals surface area contributed by atoms with E-state index in [1.165, 1.54) is 19.3 Å². The molecule has 0 aromatic heterocycles. The fourth-order valence-electron chi connectivity index (χ4n) is 3.54. The monoisotopic (exact) mass is 166 g/mol. The molecule has 1 aliphatic heterocycles. The van der Waals surface area contributed by atoms with E-state index in [1.807, 2.05) is 0 Å². The highest BCUT2D eigenvalue weighted by atomic mass is 16.5. The van der Waals surface area contributed by atoms with Crippen molar-refractivity contribution in [2.45, 2.75) is 25.7 Å². The van der Waals surface area contributed by atoms with Crippen LogP contribution in [0.2, 0.25) is 0 Å². The van der Waals surface area contributed by atoms with Crippen LogP contribution in [0.4, 0.5) is 0 Å². The topological polar surface area (TPSA) is 26.3 Å². The van der Waals surface area contributed by atoms with Gasteiger partial charge in [0.05, 0.1) is 13.2 Å². The van der Waals surface area contributed by atoms with E-state index in [0.29, 0.717) is 23.7 Å². The van der Waals surface area contributed by atoms with Crippen molar-refractivity contribution < 1.29 is 9.53 Å². The highest BCUT2D eigenvalue weighted by Gasteiger charge is 2.57. The predicted molar refractivity (Wildman–Crippen MR) is 43.7 cm³/mol. The van der Waals surface area contributed by atoms with Crippen molar-refractivity contribution in [2.24, 2.45) is 17.3 Å². The zero-order chi connectivity index (χ0) is 8.18. The van der Waals surface area contributed by atoms with Gasteiger partial charge in [-0.1, -0.05) is 6.42 Å². The molecule has 3 rings (SSSR count). The highest BCUT2D eigenvalue weighted by molar-refractivity contribution is 5.85. The Kier molecular flexibility index (Phi) is 1.24. The van der Waals surface area contributed by atoms with Crippen molar-refractivity contribution in [3.05, 3.63) is 0 Å². The van der Waals surface area contributed by atoms with Crippen LogP contribution in [0.15, 0.2) is 0 Å². The number of hydrogen-bond acceptors (Lipinski definition) is 2. The van der Waals surface area contributed by atoms with Crippen LogP contribution >= 0.6 is 0 Å². The fourth-order valence-corrected chi connectivity index (χ4v) is 3.54. The maximum Gasteiger partial charge on any atom is 0.139 e. The van der Waals surface area contributed by atoms with Crippen LogP contribution in [-0.4, -0.2) is 19.0 Å². The van der Waals surface area contributed by atoms with Crippen molar-refractivity contribution in [1.29, 1.82) is 0 Å². The molecular formula is C10H14O2. The molecule has 2 aliphatic carbocycles. The number of hydrogen-bond donors (Lipinski definition) is 0. The zero-order valence-electron chi connectivity index (χ0n) is 7.21. The Bertz CT molecular complexity index is 236. The first-order valence-corrected chi connectivity index (χ1v) is 4.92. The Balaban J connectivity index is 2.03. The molecule has 2 saturated carbocycles. The van der Waals surface area contributed by atoms with E-state index >= 15 is 0 Å². The van der Waals surface area contributed by atoms with E-state index in [0.717, 1.165) is 13.0 Å². The molecule has 2 bridgehead atoms. The van der Waals surface area contributed by atoms with Crippen LogP contribution in [0.3, 0.4) is 0 Å². The predicted octanol–water partition coefficient (Wildman–Crippen LogP) is 1.39. The summed E-state index contributed by atoms with van der Waals surface area (Å²) in [7, 11) is 0. The van der Waals surface area contributed by atoms with E-state index < -0.39 is 0 Å². The minimum absolute atomic E-state index is 0.279. The lowest BCUT2D eigenvalue weighted by Crippen LogP contribution is -2.35. The van der Waals surface area contributed by atoms with E-state index in [1.54, 1.807) is 0 Å². The number of carbonyl (C=O) groups excluding carboxylic acids is 1. The van der Waals surface area contributed by atoms with Crippen LogP contribution in [0.25, 0.3) is 0 Å². The average Bonchev–Trinajstić information content (AvgIpc) is 2.49. The lowest BCUT2D eigenvalue weighted by molar-refractivity contribution is -0.123. The van der Waals surface area contributed by atoms with Crippen molar-refractivity contribution >= 4 is 5.78 Å². The zero-order valence-corrected chi connectivity index (χ0v) is 7.21. The smallest absolute Gasteiger partial charge is 0.139 e. The van der Waals surface area contributed by atoms with Gasteiger partial charge in [0.15, 0.2) is 0 Å². The first-order chi connectivity index (χ1) is 5.82. The molecule has 0 spiro atoms. The molecule has 1 heterocycles. The molecule has 0 aromatic carbocycles. The highest BCUT2D eigenvalue weighted by Crippen LogP contribution is 2.57. The summed E-state index contributed by atoms with van der Waals surface area (Å²) in [6, 6.07) is 0. The second kappa shape index (κ2) is 2.11. The molecule has 0 aromatic rings. The van der Waals surface area contributed by atoms with Crippen molar-refractivity contribution in [3.8, 4) is 0 Å². The molecule has 66 valence electrons. The van der Waals surface area contributed by atoms with Crippen LogP contribution in [0.5, 0.6) is 0 Å². The molecule has 12 heavy (non-hydrogen) atoms. The number of rotatable bonds is 0. The number of ketones is 1. The van der Waals surface area contributed by atoms with Gasteiger partial charge in [0, 0.05) is 17.8 Å². The number of carbonyl (C=O) groups is 1. The molecule has 0 N–H and O–H groups in total. The molecule has 1 saturated heterocycles. The van der Waals surface area contributed by atoms with Crippen molar-refractivity contribution in [3.63, 3.8) is 0 Å². The van der Waals surface area contributed by atoms with Gasteiger partial charge in [-0.2, -0.15) is 0 Å². The van der Waals surface area contributed by atoms with E-state index in [9.17, 15) is 4.79 Å². The summed E-state index contributed by atoms with van der Waals surface area (Å²) >= 11 is 0. The van der Waals surface area contributed by atoms with Gasteiger partial charge in [-0.15, -0.1) is 0 Å². The van der Waals surface area contributed by atoms with Crippen molar-refractivity contribution in [1.82, 2.24) is 0 Å². The van der Waals surface area contributed by atoms with E-state index in [2.05, 4.69) is 0 Å². The van der Waals surface area contributed by atoms with E-state index in [-0.39, 0.29) is 5.92 Å². The van der Waals surface area contributed by atoms with Gasteiger partial charge in [-0.3, -0.25) is 4.79 Å². The van der Waals surface area contributed by atoms with Gasteiger partial charge < -0.3 is 4.74 Å². The van der Waals surface area contributed by atoms with Gasteiger partial charge in [-0.25, -0.2) is 0 Å². The van der Waals surface area contributed by atoms with Gasteiger partial charge in [0.2, 0.25) is 0 Å². The standard InChI is InChI=1S/C10H14O2/c11-9-4-10-3-1-2-8(10)7(9)5-12-6-10/h7-8H,1-6H2. The Morgan fingerprint density at radius 2 is 2.42 bits per heavy atom. The van der Waals surface area contributed by atoms with Gasteiger partial charge in [0.25, 0.3) is 0 Å². The van der Waals surface area contributed by atoms with Crippen LogP contribution in [-0.2, 0) is 9.53 Å². The summed E-state index contributed by atoms with van der Waals surface area (Å²) in [4.78, 5) is 11.6. The molecule has 3 unspecified atom stereocenters. The first kappa shape index (κ1) is 7.07. The largest absolute Gasteiger partial charge is 0.380 e. The molecule has 3 aliphatic rings. The Morgan fingerprint density at radius 3 is 3.25 bits per heavy atom. The third-order valence-corrected chi connectivity index (χ3v) is 4.09. The fraction of sp³-hybridized carbons (Fsp3) is 0.900. The summed E-state index contributed by atoms with van der Waals surface area (Å²) < 4.78 is 5.51. The SMILES string of the molecule is O=C1CC23CCCC2C1COC3. The summed E-state index contributed by atoms with van der Waals surface area (Å²) in [6.45, 7) is 1.57. The Labute approximate surface area is 72.3 Å². The number of Topliss-reactive ketones (excluding diaryl/α,β-unsaturated/α-hetero) is 1. The molecule has 0 amide bonds. The molecular weight excluding hydrogens is 152 g/mol. The second-order valence-corrected chi connectivity index (χ2v) is 4.63. The normalized spacial score (nSPS) is 51.2. The molecule has 0 radical (unpaired) electrons. The second-order valence-electron chi connectivity index (χ2n) is 4.63. The molecule has 3 atom stereocenters. The lowest BCUT2D eigenvalue weighted by atomic mass is 9.77. The summed E-state index contributed by atoms with van der Waals surface area (Å²) in [5.74, 6) is 1.46. The van der Waals surface area contributed by atoms with Gasteiger partial charge in [0.1, 0.15) is 5.78 Å². The average molecular weight is 166 g/mol. The Hall–Kier alpha value is -0.370. The number of ether oxygens (including phenoxy) is 1. The van der Waals surface area contributed by atoms with Crippen LogP contribution < -0.4 is 0 Å². The summed E-state index contributed by atoms with van der Waals surface area (Å²) in [5, 5.41) is 0. The lowest BCUT2D eigenvalue weighted by Gasteiger charge is -2.34. The molecule has 2 heteroatoms.